The van der Waals surface area contributed by atoms with E-state index in [1.807, 2.05) is 13.1 Å². The Morgan fingerprint density at radius 1 is 1.01 bits per heavy atom. The molecule has 0 spiro atoms. The first-order chi connectivity index (χ1) is 39.3. The molecular weight excluding hydrogens is 1050 g/mol. The van der Waals surface area contributed by atoms with Gasteiger partial charge in [0, 0.05) is 93.2 Å². The summed E-state index contributed by atoms with van der Waals surface area (Å²) in [6.07, 6.45) is 13.4. The average molecular weight is 1120 g/mol. The van der Waals surface area contributed by atoms with Crippen molar-refractivity contribution >= 4 is 69.9 Å². The number of rotatable bonds is 25. The molecule has 4 saturated heterocycles. The summed E-state index contributed by atoms with van der Waals surface area (Å²) in [5, 5.41) is 13.3. The number of amides is 3. The molecule has 2 bridgehead atoms. The Kier molecular flexibility index (Phi) is 20.2. The van der Waals surface area contributed by atoms with Crippen LogP contribution in [0.1, 0.15) is 77.6 Å². The van der Waals surface area contributed by atoms with E-state index in [1.165, 1.54) is 43.3 Å². The molecule has 5 atom stereocenters. The number of likely N-dealkylation sites (N-methyl/N-ethyl adjacent to an activating group) is 3. The van der Waals surface area contributed by atoms with Crippen LogP contribution < -0.4 is 30.9 Å². The van der Waals surface area contributed by atoms with E-state index < -0.39 is 29.5 Å². The zero-order valence-electron chi connectivity index (χ0n) is 45.8. The number of nitrogens with one attached hydrogen (secondary N) is 4. The molecule has 3 aromatic carbocycles. The third-order valence-corrected chi connectivity index (χ3v) is 15.3. The normalized spacial score (nSPS) is 19.5. The summed E-state index contributed by atoms with van der Waals surface area (Å²) in [6, 6.07) is 12.4. The molecule has 0 aliphatic carbocycles. The van der Waals surface area contributed by atoms with Crippen molar-refractivity contribution in [3.8, 4) is 29.6 Å². The smallest absolute Gasteiger partial charge is 0.319 e. The molecule has 20 nitrogen and oxygen atoms in total. The molecule has 81 heavy (non-hydrogen) atoms. The van der Waals surface area contributed by atoms with Crippen molar-refractivity contribution in [2.24, 2.45) is 0 Å². The number of fused-ring (bicyclic) bond motifs is 5. The van der Waals surface area contributed by atoms with Gasteiger partial charge < -0.3 is 54.8 Å². The van der Waals surface area contributed by atoms with Crippen LogP contribution in [0.25, 0.3) is 32.9 Å². The Labute approximate surface area is 468 Å². The molecule has 9 rings (SSSR count). The minimum absolute atomic E-state index is 0.0202. The number of hydrogen-bond donors (Lipinski definition) is 4. The van der Waals surface area contributed by atoms with Crippen LogP contribution in [0.3, 0.4) is 0 Å². The van der Waals surface area contributed by atoms with E-state index in [1.54, 1.807) is 24.4 Å². The molecule has 22 heteroatoms. The van der Waals surface area contributed by atoms with Crippen molar-refractivity contribution < 1.29 is 56.5 Å². The summed E-state index contributed by atoms with van der Waals surface area (Å²) >= 11 is 0. The van der Waals surface area contributed by atoms with Crippen LogP contribution in [0.2, 0.25) is 0 Å². The molecule has 3 amide bonds. The van der Waals surface area contributed by atoms with Gasteiger partial charge in [-0.05, 0) is 75.2 Å². The highest BCUT2D eigenvalue weighted by Gasteiger charge is 2.51. The second-order valence-corrected chi connectivity index (χ2v) is 20.6. The zero-order chi connectivity index (χ0) is 57.6. The van der Waals surface area contributed by atoms with Crippen molar-refractivity contribution in [2.75, 3.05) is 97.2 Å². The molecule has 4 N–H and O–H groups in total. The summed E-state index contributed by atoms with van der Waals surface area (Å²) in [4.78, 5) is 90.3. The van der Waals surface area contributed by atoms with Gasteiger partial charge in [-0.25, -0.2) is 8.78 Å². The summed E-state index contributed by atoms with van der Waals surface area (Å²) in [5.74, 6) is 0.523. The molecule has 0 saturated carbocycles. The molecule has 4 aliphatic heterocycles. The minimum atomic E-state index is -0.865. The lowest BCUT2D eigenvalue weighted by atomic mass is 9.94. The summed E-state index contributed by atoms with van der Waals surface area (Å²) in [6.45, 7) is 9.78. The summed E-state index contributed by atoms with van der Waals surface area (Å²) < 4.78 is 53.9. The maximum atomic E-state index is 16.8. The number of nitrogens with zero attached hydrogens (tertiary/aromatic N) is 6. The third kappa shape index (κ3) is 13.7. The number of benzene rings is 3. The molecule has 428 valence electrons. The number of carbonyl (C=O) groups excluding carboxylic acids is 6. The number of carbonyl (C=O) groups is 6. The zero-order valence-corrected chi connectivity index (χ0v) is 45.8. The van der Waals surface area contributed by atoms with Crippen LogP contribution in [-0.4, -0.2) is 178 Å². The fourth-order valence-corrected chi connectivity index (χ4v) is 11.3. The van der Waals surface area contributed by atoms with Gasteiger partial charge in [-0.1, -0.05) is 42.3 Å². The highest BCUT2D eigenvalue weighted by molar-refractivity contribution is 6.05. The summed E-state index contributed by atoms with van der Waals surface area (Å²) in [7, 11) is 4.71. The maximum Gasteiger partial charge on any atom is 0.319 e. The van der Waals surface area contributed by atoms with Gasteiger partial charge in [-0.2, -0.15) is 9.97 Å². The molecular formula is C59H68F2N10O10. The third-order valence-electron chi connectivity index (χ3n) is 15.3. The number of halogens is 2. The molecule has 3 unspecified atom stereocenters. The largest absolute Gasteiger partial charge is 0.466 e. The van der Waals surface area contributed by atoms with E-state index in [2.05, 4.69) is 53.5 Å². The van der Waals surface area contributed by atoms with E-state index in [0.29, 0.717) is 97.3 Å². The van der Waals surface area contributed by atoms with Crippen LogP contribution in [0.15, 0.2) is 66.9 Å². The van der Waals surface area contributed by atoms with E-state index >= 15 is 4.39 Å². The van der Waals surface area contributed by atoms with E-state index in [0.717, 1.165) is 57.3 Å². The molecule has 4 aliphatic rings. The predicted molar refractivity (Wildman–Crippen MR) is 300 cm³/mol. The monoisotopic (exact) mass is 1110 g/mol. The second kappa shape index (κ2) is 27.6. The first kappa shape index (κ1) is 59.3. The van der Waals surface area contributed by atoms with Crippen LogP contribution in [0.5, 0.6) is 6.01 Å². The minimum Gasteiger partial charge on any atom is -0.466 e. The standard InChI is InChI=1S/C36H34F2N6O3.C23H34N4O7/c1-3-26-29(37)10-7-22-5-4-6-27(30(22)26)32-31(38)33-28(14-39-32)34(43-16-23-8-9-24(17-43)40-23)42-35(41-33)47-19-36-12-11-25(18-46-20-45)44(36)15-21(2)13-36;1-24-9-12-34-14-13-33-11-8-21(30)26-18-6-7-19(17(15-18)16-29)23(32)27(3)20(5-4-10-28)22(31)25-2/h1,4-7,10,14,20,23-25,40H,2,8-9,11-13,15-19H2;6-7,10,15-16,20,24H,4-5,8-9,11-14H2,1-3H3,(H,25,31)(H,26,30)/t23?,24?,25-,36-;/m0./s1. The number of anilines is 2. The van der Waals surface area contributed by atoms with Gasteiger partial charge in [0.05, 0.1) is 54.9 Å². The molecule has 6 heterocycles. The lowest BCUT2D eigenvalue weighted by molar-refractivity contribution is -0.130. The van der Waals surface area contributed by atoms with Gasteiger partial charge in [-0.15, -0.1) is 6.42 Å². The quantitative estimate of drug-likeness (QED) is 0.0260. The first-order valence-corrected chi connectivity index (χ1v) is 27.0. The lowest BCUT2D eigenvalue weighted by Gasteiger charge is -2.35. The Morgan fingerprint density at radius 2 is 1.79 bits per heavy atom. The number of aldehydes is 2. The first-order valence-electron chi connectivity index (χ1n) is 27.0. The molecule has 0 radical (unpaired) electrons. The Bertz CT molecular complexity index is 3180. The van der Waals surface area contributed by atoms with Crippen molar-refractivity contribution in [3.63, 3.8) is 0 Å². The van der Waals surface area contributed by atoms with Crippen LogP contribution in [-0.2, 0) is 33.4 Å². The predicted octanol–water partition coefficient (Wildman–Crippen LogP) is 5.01. The Balaban J connectivity index is 0.000000226. The van der Waals surface area contributed by atoms with Crippen LogP contribution in [0.4, 0.5) is 20.3 Å². The van der Waals surface area contributed by atoms with E-state index in [9.17, 15) is 33.2 Å². The number of pyridine rings is 1. The van der Waals surface area contributed by atoms with Gasteiger partial charge in [-0.3, -0.25) is 33.9 Å². The number of terminal acetylenes is 1. The van der Waals surface area contributed by atoms with Gasteiger partial charge in [0.25, 0.3) is 12.4 Å². The SMILES string of the molecule is C#Cc1c(F)ccc2cccc(-c3ncc4c(N5CC6CCC(C5)N6)nc(OC[C@@]56CC[C@@H](COC=O)N5CC(=C)C6)nc4c3F)c12.CNCCOCCOCCC(=O)Nc1ccc(C(=O)N(C)C(CCC=O)C(=O)NC)c(C=O)c1. The van der Waals surface area contributed by atoms with Gasteiger partial charge in [0.15, 0.2) is 12.1 Å². The highest BCUT2D eigenvalue weighted by Crippen LogP contribution is 2.45. The molecule has 2 aromatic heterocycles. The van der Waals surface area contributed by atoms with Crippen molar-refractivity contribution in [1.29, 1.82) is 0 Å². The average Bonchev–Trinajstić information content (AvgIpc) is 4.15. The number of hydrogen-bond acceptors (Lipinski definition) is 17. The van der Waals surface area contributed by atoms with Crippen molar-refractivity contribution in [1.82, 2.24) is 40.7 Å². The topological polar surface area (TPSA) is 236 Å². The number of aromatic nitrogens is 3. The molecule has 5 aromatic rings. The summed E-state index contributed by atoms with van der Waals surface area (Å²) in [5.41, 5.74) is 1.77. The van der Waals surface area contributed by atoms with E-state index in [4.69, 9.17) is 30.4 Å². The van der Waals surface area contributed by atoms with Gasteiger partial charge in [0.2, 0.25) is 11.8 Å². The van der Waals surface area contributed by atoms with Gasteiger partial charge >= 0.3 is 6.01 Å². The number of piperazine rings is 1. The van der Waals surface area contributed by atoms with Crippen LogP contribution in [0, 0.1) is 24.0 Å². The molecule has 4 fully saturated rings. The highest BCUT2D eigenvalue weighted by atomic mass is 19.1. The van der Waals surface area contributed by atoms with Crippen molar-refractivity contribution in [3.05, 3.63) is 95.2 Å². The van der Waals surface area contributed by atoms with Crippen LogP contribution >= 0.6 is 0 Å². The Morgan fingerprint density at radius 3 is 2.51 bits per heavy atom. The van der Waals surface area contributed by atoms with E-state index in [-0.39, 0.29) is 83.9 Å². The fraction of sp³-hybridized carbons (Fsp3) is 0.441. The Hall–Kier alpha value is -7.81. The second-order valence-electron chi connectivity index (χ2n) is 20.6. The van der Waals surface area contributed by atoms with Crippen molar-refractivity contribution in [2.45, 2.75) is 81.1 Å². The number of ether oxygens (including phenoxy) is 4. The fourth-order valence-electron chi connectivity index (χ4n) is 11.3. The van der Waals surface area contributed by atoms with Gasteiger partial charge in [0.1, 0.15) is 48.4 Å². The lowest BCUT2D eigenvalue weighted by Crippen LogP contribution is -2.51. The maximum absolute atomic E-state index is 16.8.